The zero-order chi connectivity index (χ0) is 29.1. The number of hydrogen-bond acceptors (Lipinski definition) is 12. The molecule has 5 N–H and O–H groups in total. The van der Waals surface area contributed by atoms with Gasteiger partial charge in [-0.3, -0.25) is 18.3 Å². The molecule has 0 radical (unpaired) electrons. The van der Waals surface area contributed by atoms with E-state index in [-0.39, 0.29) is 24.3 Å². The van der Waals surface area contributed by atoms with Gasteiger partial charge in [0.2, 0.25) is 5.95 Å². The van der Waals surface area contributed by atoms with Crippen LogP contribution in [0.3, 0.4) is 0 Å². The number of esters is 1. The maximum Gasteiger partial charge on any atom is 0.459 e. The molecule has 16 heteroatoms. The zero-order valence-corrected chi connectivity index (χ0v) is 23.4. The van der Waals surface area contributed by atoms with E-state index in [1.165, 1.54) is 17.8 Å². The summed E-state index contributed by atoms with van der Waals surface area (Å²) in [5.74, 6) is -1.02. The van der Waals surface area contributed by atoms with Crippen LogP contribution in [0.2, 0.25) is 0 Å². The molecule has 3 aromatic rings. The number of benzene rings is 1. The number of alkyl halides is 1. The number of carbonyl (C=O) groups excluding carboxylic acids is 1. The second-order valence-electron chi connectivity index (χ2n) is 9.85. The Morgan fingerprint density at radius 1 is 1.32 bits per heavy atom. The van der Waals surface area contributed by atoms with Crippen molar-refractivity contribution in [3.8, 4) is 5.75 Å². The molecular formula is C25H33FN7O7P. The molecule has 3 heterocycles. The van der Waals surface area contributed by atoms with Gasteiger partial charge in [-0.1, -0.05) is 18.2 Å². The van der Waals surface area contributed by atoms with Gasteiger partial charge in [0, 0.05) is 6.04 Å². The number of imidazole rings is 1. The van der Waals surface area contributed by atoms with Crippen molar-refractivity contribution in [2.24, 2.45) is 5.92 Å². The molecule has 2 aliphatic rings. The van der Waals surface area contributed by atoms with E-state index in [1.54, 1.807) is 37.3 Å². The molecule has 1 aliphatic heterocycles. The first-order chi connectivity index (χ1) is 19.7. The van der Waals surface area contributed by atoms with Gasteiger partial charge in [0.1, 0.15) is 24.1 Å². The van der Waals surface area contributed by atoms with Gasteiger partial charge in [0.05, 0.1) is 38.2 Å². The lowest BCUT2D eigenvalue weighted by Gasteiger charge is -2.24. The van der Waals surface area contributed by atoms with Crippen LogP contribution >= 0.6 is 7.75 Å². The summed E-state index contributed by atoms with van der Waals surface area (Å²) in [6.07, 6.45) is -0.0711. The fourth-order valence-electron chi connectivity index (χ4n) is 4.46. The lowest BCUT2D eigenvalue weighted by Crippen LogP contribution is -2.37. The Kier molecular flexibility index (Phi) is 8.71. The standard InChI is InChI=1S/C25H33FN7O7P/c1-3-37-24(35)14(2)32-41(36,40-16-7-5-4-6-8-16)38-12-18-20(34)17(11-26)23(39-18)33-13-28-19-21(29-15-9-10-15)30-25(27)31-22(19)33/h4-8,13-15,17-18,20,23,34H,3,9-12H2,1-2H3,(H,32,36)(H3,27,29,30,31)/t14-,17+,18-,20+,23-,41+/m1/s1. The summed E-state index contributed by atoms with van der Waals surface area (Å²) < 4.78 is 51.8. The van der Waals surface area contributed by atoms with E-state index in [1.807, 2.05) is 0 Å². The van der Waals surface area contributed by atoms with Crippen molar-refractivity contribution in [2.45, 2.75) is 57.2 Å². The molecule has 6 atom stereocenters. The molecule has 1 saturated carbocycles. The normalized spacial score (nSPS) is 24.6. The Balaban J connectivity index is 1.35. The monoisotopic (exact) mass is 593 g/mol. The van der Waals surface area contributed by atoms with Crippen molar-refractivity contribution in [3.63, 3.8) is 0 Å². The third-order valence-corrected chi connectivity index (χ3v) is 8.32. The average Bonchev–Trinajstić information content (AvgIpc) is 3.57. The maximum absolute atomic E-state index is 14.3. The Bertz CT molecular complexity index is 1410. The van der Waals surface area contributed by atoms with Crippen LogP contribution in [0.25, 0.3) is 11.2 Å². The van der Waals surface area contributed by atoms with E-state index < -0.39 is 57.4 Å². The van der Waals surface area contributed by atoms with Crippen LogP contribution in [-0.2, 0) is 23.4 Å². The number of ether oxygens (including phenoxy) is 2. The van der Waals surface area contributed by atoms with E-state index in [4.69, 9.17) is 24.3 Å². The number of aliphatic hydroxyl groups excluding tert-OH is 1. The summed E-state index contributed by atoms with van der Waals surface area (Å²) in [7, 11) is -4.22. The van der Waals surface area contributed by atoms with E-state index in [9.17, 15) is 18.9 Å². The molecule has 1 aliphatic carbocycles. The fraction of sp³-hybridized carbons (Fsp3) is 0.520. The number of nitrogens with one attached hydrogen (secondary N) is 2. The Labute approximate surface area is 235 Å². The number of fused-ring (bicyclic) bond motifs is 1. The largest absolute Gasteiger partial charge is 0.465 e. The minimum atomic E-state index is -4.22. The number of nitrogen functional groups attached to an aromatic ring is 1. The molecular weight excluding hydrogens is 560 g/mol. The smallest absolute Gasteiger partial charge is 0.459 e. The van der Waals surface area contributed by atoms with Crippen LogP contribution in [0, 0.1) is 5.92 Å². The molecule has 2 fully saturated rings. The number of aliphatic hydroxyl groups is 1. The quantitative estimate of drug-likeness (QED) is 0.168. The van der Waals surface area contributed by atoms with Crippen LogP contribution in [-0.4, -0.2) is 74.8 Å². The number of para-hydroxylation sites is 1. The molecule has 2 aromatic heterocycles. The zero-order valence-electron chi connectivity index (χ0n) is 22.6. The summed E-state index contributed by atoms with van der Waals surface area (Å²) in [6, 6.07) is 7.44. The van der Waals surface area contributed by atoms with Crippen molar-refractivity contribution in [2.75, 3.05) is 30.9 Å². The highest BCUT2D eigenvalue weighted by molar-refractivity contribution is 7.52. The van der Waals surface area contributed by atoms with Gasteiger partial charge in [-0.25, -0.2) is 9.55 Å². The predicted octanol–water partition coefficient (Wildman–Crippen LogP) is 2.57. The van der Waals surface area contributed by atoms with E-state index in [2.05, 4.69) is 25.4 Å². The van der Waals surface area contributed by atoms with Gasteiger partial charge < -0.3 is 30.2 Å². The third-order valence-electron chi connectivity index (χ3n) is 6.68. The van der Waals surface area contributed by atoms with Crippen LogP contribution < -0.4 is 20.7 Å². The van der Waals surface area contributed by atoms with Crippen molar-refractivity contribution in [3.05, 3.63) is 36.7 Å². The summed E-state index contributed by atoms with van der Waals surface area (Å²) >= 11 is 0. The number of halogens is 1. The maximum atomic E-state index is 14.3. The number of anilines is 2. The molecule has 0 unspecified atom stereocenters. The van der Waals surface area contributed by atoms with Gasteiger partial charge in [0.25, 0.3) is 0 Å². The molecule has 0 bridgehead atoms. The minimum Gasteiger partial charge on any atom is -0.465 e. The van der Waals surface area contributed by atoms with Crippen molar-refractivity contribution in [1.29, 1.82) is 0 Å². The van der Waals surface area contributed by atoms with Crippen molar-refractivity contribution >= 4 is 36.6 Å². The lowest BCUT2D eigenvalue weighted by atomic mass is 10.0. The molecule has 14 nitrogen and oxygen atoms in total. The van der Waals surface area contributed by atoms with Crippen molar-refractivity contribution in [1.82, 2.24) is 24.6 Å². The van der Waals surface area contributed by atoms with Gasteiger partial charge in [-0.2, -0.15) is 15.1 Å². The first kappa shape index (κ1) is 29.1. The first-order valence-electron chi connectivity index (χ1n) is 13.3. The SMILES string of the molecule is CCOC(=O)[C@@H](C)N[P@](=O)(OC[C@H]1O[C@@H](n2cnc3c(NC4CC4)nc(N)nc32)[C@@H](CF)[C@@H]1O)Oc1ccccc1. The van der Waals surface area contributed by atoms with Gasteiger partial charge in [-0.05, 0) is 38.8 Å². The summed E-state index contributed by atoms with van der Waals surface area (Å²) in [4.78, 5) is 25.1. The van der Waals surface area contributed by atoms with Crippen molar-refractivity contribution < 1.29 is 37.4 Å². The molecule has 1 saturated heterocycles. The molecule has 5 rings (SSSR count). The first-order valence-corrected chi connectivity index (χ1v) is 14.8. The van der Waals surface area contributed by atoms with Crippen LogP contribution in [0.15, 0.2) is 36.7 Å². The lowest BCUT2D eigenvalue weighted by molar-refractivity contribution is -0.144. The fourth-order valence-corrected chi connectivity index (χ4v) is 5.96. The number of rotatable bonds is 13. The highest BCUT2D eigenvalue weighted by Gasteiger charge is 2.47. The Morgan fingerprint density at radius 2 is 2.07 bits per heavy atom. The second kappa shape index (κ2) is 12.2. The molecule has 0 amide bonds. The Hall–Kier alpha value is -3.36. The topological polar surface area (TPSA) is 185 Å². The number of aromatic nitrogens is 4. The van der Waals surface area contributed by atoms with E-state index in [0.717, 1.165) is 12.8 Å². The van der Waals surface area contributed by atoms with E-state index >= 15 is 0 Å². The predicted molar refractivity (Wildman–Crippen MR) is 146 cm³/mol. The molecule has 1 aromatic carbocycles. The number of nitrogens with two attached hydrogens (primary N) is 1. The van der Waals surface area contributed by atoms with Crippen LogP contribution in [0.5, 0.6) is 5.75 Å². The third kappa shape index (κ3) is 6.60. The summed E-state index contributed by atoms with van der Waals surface area (Å²) in [5, 5.41) is 16.8. The number of hydrogen-bond donors (Lipinski definition) is 4. The average molecular weight is 594 g/mol. The molecule has 222 valence electrons. The summed E-state index contributed by atoms with van der Waals surface area (Å²) in [6.45, 7) is 1.82. The van der Waals surface area contributed by atoms with Gasteiger partial charge in [0.15, 0.2) is 17.0 Å². The number of nitrogens with zero attached hydrogens (tertiary/aromatic N) is 4. The second-order valence-corrected chi connectivity index (χ2v) is 11.5. The van der Waals surface area contributed by atoms with Gasteiger partial charge >= 0.3 is 13.7 Å². The molecule has 41 heavy (non-hydrogen) atoms. The van der Waals surface area contributed by atoms with Gasteiger partial charge in [-0.15, -0.1) is 0 Å². The minimum absolute atomic E-state index is 0.00146. The highest BCUT2D eigenvalue weighted by atomic mass is 31.2. The molecule has 0 spiro atoms. The highest BCUT2D eigenvalue weighted by Crippen LogP contribution is 2.46. The summed E-state index contributed by atoms with van der Waals surface area (Å²) in [5.41, 5.74) is 6.67. The Morgan fingerprint density at radius 3 is 2.76 bits per heavy atom. The van der Waals surface area contributed by atoms with E-state index in [0.29, 0.717) is 17.0 Å². The van der Waals surface area contributed by atoms with Crippen LogP contribution in [0.4, 0.5) is 16.2 Å². The van der Waals surface area contributed by atoms with Crippen LogP contribution in [0.1, 0.15) is 32.9 Å². The number of carbonyl (C=O) groups is 1.